The fourth-order valence-electron chi connectivity index (χ4n) is 3.75. The summed E-state index contributed by atoms with van der Waals surface area (Å²) in [7, 11) is 1.90. The highest BCUT2D eigenvalue weighted by molar-refractivity contribution is 6.13. The van der Waals surface area contributed by atoms with Crippen molar-refractivity contribution in [3.63, 3.8) is 0 Å². The molecule has 0 spiro atoms. The topological polar surface area (TPSA) is 71.3 Å². The number of carbonyl (C=O) groups excluding carboxylic acids is 1. The van der Waals surface area contributed by atoms with Crippen LogP contribution < -0.4 is 10.6 Å². The minimum Gasteiger partial charge on any atom is -0.353 e. The van der Waals surface area contributed by atoms with Gasteiger partial charge in [0.05, 0.1) is 5.52 Å². The lowest BCUT2D eigenvalue weighted by atomic mass is 9.97. The van der Waals surface area contributed by atoms with E-state index in [0.29, 0.717) is 17.7 Å². The molecule has 2 N–H and O–H groups in total. The van der Waals surface area contributed by atoms with Crippen LogP contribution in [0.4, 0.5) is 0 Å². The number of amides is 1. The molecule has 0 radical (unpaired) electrons. The maximum absolute atomic E-state index is 12.3. The van der Waals surface area contributed by atoms with E-state index >= 15 is 0 Å². The first-order valence-electron chi connectivity index (χ1n) is 9.49. The molecule has 1 aromatic heterocycles. The van der Waals surface area contributed by atoms with Crippen LogP contribution in [-0.2, 0) is 11.8 Å². The van der Waals surface area contributed by atoms with Crippen molar-refractivity contribution in [2.45, 2.75) is 51.0 Å². The molecule has 1 aliphatic heterocycles. The first-order valence-corrected chi connectivity index (χ1v) is 9.49. The SMILES string of the molecule is Cn1cc2cc(/C=C3\N=C(NC4CCCCCCC4)NC3=O)ccc2n1. The Morgan fingerprint density at radius 2 is 1.96 bits per heavy atom. The monoisotopic (exact) mass is 351 g/mol. The zero-order valence-electron chi connectivity index (χ0n) is 15.2. The van der Waals surface area contributed by atoms with Crippen molar-refractivity contribution in [3.8, 4) is 0 Å². The molecule has 0 atom stereocenters. The second-order valence-corrected chi connectivity index (χ2v) is 7.25. The fourth-order valence-corrected chi connectivity index (χ4v) is 3.75. The number of aromatic nitrogens is 2. The number of nitrogens with zero attached hydrogens (tertiary/aromatic N) is 3. The molecule has 6 heteroatoms. The van der Waals surface area contributed by atoms with E-state index in [9.17, 15) is 4.79 Å². The Morgan fingerprint density at radius 3 is 2.77 bits per heavy atom. The number of hydrogen-bond acceptors (Lipinski definition) is 4. The van der Waals surface area contributed by atoms with Crippen LogP contribution in [0.1, 0.15) is 50.5 Å². The molecule has 0 saturated heterocycles. The van der Waals surface area contributed by atoms with Crippen LogP contribution in [0.25, 0.3) is 17.0 Å². The predicted octanol–water partition coefficient (Wildman–Crippen LogP) is 3.10. The number of rotatable bonds is 2. The summed E-state index contributed by atoms with van der Waals surface area (Å²) in [5.41, 5.74) is 2.34. The minimum atomic E-state index is -0.148. The second-order valence-electron chi connectivity index (χ2n) is 7.25. The van der Waals surface area contributed by atoms with Crippen molar-refractivity contribution in [1.82, 2.24) is 20.4 Å². The minimum absolute atomic E-state index is 0.148. The highest BCUT2D eigenvalue weighted by Crippen LogP contribution is 2.19. The Bertz CT molecular complexity index is 871. The molecule has 0 unspecified atom stereocenters. The summed E-state index contributed by atoms with van der Waals surface area (Å²) in [6.45, 7) is 0. The number of benzene rings is 1. The second kappa shape index (κ2) is 7.32. The zero-order valence-corrected chi connectivity index (χ0v) is 15.2. The largest absolute Gasteiger partial charge is 0.353 e. The van der Waals surface area contributed by atoms with Gasteiger partial charge in [-0.2, -0.15) is 5.10 Å². The predicted molar refractivity (Wildman–Crippen MR) is 104 cm³/mol. The molecule has 26 heavy (non-hydrogen) atoms. The van der Waals surface area contributed by atoms with Crippen molar-refractivity contribution in [1.29, 1.82) is 0 Å². The van der Waals surface area contributed by atoms with E-state index in [4.69, 9.17) is 0 Å². The molecule has 2 aliphatic rings. The van der Waals surface area contributed by atoms with Crippen LogP contribution in [0.3, 0.4) is 0 Å². The normalized spacial score (nSPS) is 20.7. The molecule has 1 saturated carbocycles. The van der Waals surface area contributed by atoms with Gasteiger partial charge >= 0.3 is 0 Å². The molecule has 6 nitrogen and oxygen atoms in total. The molecule has 1 aromatic carbocycles. The number of guanidine groups is 1. The van der Waals surface area contributed by atoms with Crippen LogP contribution in [0, 0.1) is 0 Å². The smallest absolute Gasteiger partial charge is 0.276 e. The standard InChI is InChI=1S/C20H25N5O/c1-25-13-15-11-14(9-10-17(15)24-25)12-18-19(26)23-20(22-18)21-16-7-5-3-2-4-6-8-16/h9-13,16H,2-8H2,1H3,(H2,21,22,23,26)/b18-12-. The number of nitrogens with one attached hydrogen (secondary N) is 2. The van der Waals surface area contributed by atoms with Crippen molar-refractivity contribution >= 4 is 28.8 Å². The average molecular weight is 351 g/mol. The Morgan fingerprint density at radius 1 is 1.19 bits per heavy atom. The van der Waals surface area contributed by atoms with Gasteiger partial charge in [-0.15, -0.1) is 0 Å². The molecule has 4 rings (SSSR count). The first-order chi connectivity index (χ1) is 12.7. The van der Waals surface area contributed by atoms with Gasteiger partial charge in [-0.25, -0.2) is 4.99 Å². The van der Waals surface area contributed by atoms with E-state index in [1.807, 2.05) is 37.5 Å². The first kappa shape index (κ1) is 16.8. The van der Waals surface area contributed by atoms with E-state index in [1.165, 1.54) is 32.1 Å². The highest BCUT2D eigenvalue weighted by atomic mass is 16.2. The van der Waals surface area contributed by atoms with Gasteiger partial charge in [0.2, 0.25) is 5.96 Å². The molecule has 2 aromatic rings. The van der Waals surface area contributed by atoms with Gasteiger partial charge in [-0.1, -0.05) is 38.2 Å². The number of aryl methyl sites for hydroxylation is 1. The van der Waals surface area contributed by atoms with E-state index in [0.717, 1.165) is 29.3 Å². The van der Waals surface area contributed by atoms with E-state index < -0.39 is 0 Å². The van der Waals surface area contributed by atoms with Crippen molar-refractivity contribution < 1.29 is 4.79 Å². The third kappa shape index (κ3) is 3.79. The molecule has 1 fully saturated rings. The summed E-state index contributed by atoms with van der Waals surface area (Å²) in [5, 5.41) is 11.7. The summed E-state index contributed by atoms with van der Waals surface area (Å²) in [6.07, 6.45) is 12.5. The quantitative estimate of drug-likeness (QED) is 0.817. The van der Waals surface area contributed by atoms with Gasteiger partial charge in [0, 0.05) is 24.7 Å². The van der Waals surface area contributed by atoms with Crippen molar-refractivity contribution in [2.75, 3.05) is 0 Å². The number of aliphatic imine (C=N–C) groups is 1. The molecule has 1 aliphatic carbocycles. The van der Waals surface area contributed by atoms with Crippen molar-refractivity contribution in [2.24, 2.45) is 12.0 Å². The fraction of sp³-hybridized carbons (Fsp3) is 0.450. The van der Waals surface area contributed by atoms with Gasteiger partial charge in [0.25, 0.3) is 5.91 Å². The van der Waals surface area contributed by atoms with Crippen LogP contribution in [0.2, 0.25) is 0 Å². The number of hydrogen-bond donors (Lipinski definition) is 2. The number of fused-ring (bicyclic) bond motifs is 1. The van der Waals surface area contributed by atoms with E-state index in [1.54, 1.807) is 4.68 Å². The van der Waals surface area contributed by atoms with Crippen LogP contribution in [-0.4, -0.2) is 27.7 Å². The zero-order chi connectivity index (χ0) is 17.9. The summed E-state index contributed by atoms with van der Waals surface area (Å²) in [5.74, 6) is 0.443. The molecular weight excluding hydrogens is 326 g/mol. The third-order valence-corrected chi connectivity index (χ3v) is 5.09. The van der Waals surface area contributed by atoms with Gasteiger partial charge in [-0.05, 0) is 36.6 Å². The van der Waals surface area contributed by atoms with Crippen LogP contribution >= 0.6 is 0 Å². The molecule has 0 bridgehead atoms. The average Bonchev–Trinajstić information content (AvgIpc) is 3.11. The van der Waals surface area contributed by atoms with Gasteiger partial charge in [0.15, 0.2) is 0 Å². The molecule has 1 amide bonds. The Labute approximate surface area is 153 Å². The lowest BCUT2D eigenvalue weighted by Gasteiger charge is -2.21. The van der Waals surface area contributed by atoms with Gasteiger partial charge < -0.3 is 5.32 Å². The van der Waals surface area contributed by atoms with Crippen LogP contribution in [0.5, 0.6) is 0 Å². The summed E-state index contributed by atoms with van der Waals surface area (Å²) in [4.78, 5) is 16.8. The Hall–Kier alpha value is -2.63. The lowest BCUT2D eigenvalue weighted by molar-refractivity contribution is -0.115. The van der Waals surface area contributed by atoms with E-state index in [2.05, 4.69) is 20.7 Å². The van der Waals surface area contributed by atoms with Crippen LogP contribution in [0.15, 0.2) is 35.1 Å². The summed E-state index contributed by atoms with van der Waals surface area (Å²) < 4.78 is 1.79. The Kier molecular flexibility index (Phi) is 4.73. The summed E-state index contributed by atoms with van der Waals surface area (Å²) in [6, 6.07) is 6.36. The molecule has 136 valence electrons. The molecule has 2 heterocycles. The maximum atomic E-state index is 12.3. The molecular formula is C20H25N5O. The van der Waals surface area contributed by atoms with E-state index in [-0.39, 0.29) is 5.91 Å². The van der Waals surface area contributed by atoms with Gasteiger partial charge in [-0.3, -0.25) is 14.8 Å². The maximum Gasteiger partial charge on any atom is 0.276 e. The third-order valence-electron chi connectivity index (χ3n) is 5.09. The Balaban J connectivity index is 1.50. The van der Waals surface area contributed by atoms with Gasteiger partial charge in [0.1, 0.15) is 5.70 Å². The number of carbonyl (C=O) groups is 1. The lowest BCUT2D eigenvalue weighted by Crippen LogP contribution is -2.42. The van der Waals surface area contributed by atoms with Crippen molar-refractivity contribution in [3.05, 3.63) is 35.7 Å². The summed E-state index contributed by atoms with van der Waals surface area (Å²) >= 11 is 0. The highest BCUT2D eigenvalue weighted by Gasteiger charge is 2.22.